The zero-order valence-electron chi connectivity index (χ0n) is 14.1. The van der Waals surface area contributed by atoms with Gasteiger partial charge in [0.25, 0.3) is 0 Å². The van der Waals surface area contributed by atoms with Gasteiger partial charge in [-0.1, -0.05) is 80.0 Å². The van der Waals surface area contributed by atoms with Gasteiger partial charge in [0.15, 0.2) is 0 Å². The van der Waals surface area contributed by atoms with E-state index in [1.54, 1.807) is 11.8 Å². The molecule has 3 rings (SSSR count). The zero-order valence-corrected chi connectivity index (χ0v) is 18.1. The SMILES string of the molecule is C=CSc1ccc(Br)cc1-c1ccc(Br)cc1-c1cc(C)ccc1C. The summed E-state index contributed by atoms with van der Waals surface area (Å²) in [5.74, 6) is 0. The third-order valence-electron chi connectivity index (χ3n) is 4.11. The summed E-state index contributed by atoms with van der Waals surface area (Å²) in [6.45, 7) is 8.18. The summed E-state index contributed by atoms with van der Waals surface area (Å²) in [4.78, 5) is 1.20. The Bertz CT molecular complexity index is 945. The number of rotatable bonds is 4. The standard InChI is InChI=1S/C22H18Br2S/c1-4-25-22-10-8-17(24)13-21(22)18-9-7-16(23)12-20(18)19-11-14(2)5-6-15(19)3/h4-13H,1H2,2-3H3. The number of benzene rings is 3. The van der Waals surface area contributed by atoms with Crippen LogP contribution in [0.1, 0.15) is 11.1 Å². The van der Waals surface area contributed by atoms with Crippen molar-refractivity contribution in [1.82, 2.24) is 0 Å². The summed E-state index contributed by atoms with van der Waals surface area (Å²) in [6.07, 6.45) is 0. The Morgan fingerprint density at radius 2 is 1.44 bits per heavy atom. The van der Waals surface area contributed by atoms with Crippen LogP contribution in [0.15, 0.2) is 80.4 Å². The fourth-order valence-corrected chi connectivity index (χ4v) is 4.25. The van der Waals surface area contributed by atoms with E-state index in [9.17, 15) is 0 Å². The Morgan fingerprint density at radius 3 is 2.16 bits per heavy atom. The van der Waals surface area contributed by atoms with Crippen molar-refractivity contribution in [2.75, 3.05) is 0 Å². The van der Waals surface area contributed by atoms with Gasteiger partial charge in [-0.05, 0) is 77.4 Å². The zero-order chi connectivity index (χ0) is 18.0. The number of hydrogen-bond donors (Lipinski definition) is 0. The van der Waals surface area contributed by atoms with Crippen LogP contribution < -0.4 is 0 Å². The molecule has 0 heterocycles. The van der Waals surface area contributed by atoms with E-state index in [4.69, 9.17) is 0 Å². The molecule has 0 amide bonds. The predicted molar refractivity (Wildman–Crippen MR) is 118 cm³/mol. The fraction of sp³-hybridized carbons (Fsp3) is 0.0909. The highest BCUT2D eigenvalue weighted by Gasteiger charge is 2.14. The first kappa shape index (κ1) is 18.5. The fourth-order valence-electron chi connectivity index (χ4n) is 2.91. The topological polar surface area (TPSA) is 0 Å². The summed E-state index contributed by atoms with van der Waals surface area (Å²) >= 11 is 8.92. The van der Waals surface area contributed by atoms with Gasteiger partial charge in [-0.3, -0.25) is 0 Å². The minimum absolute atomic E-state index is 1.07. The molecule has 25 heavy (non-hydrogen) atoms. The first-order valence-electron chi connectivity index (χ1n) is 7.94. The molecule has 0 aliphatic rings. The normalized spacial score (nSPS) is 10.7. The Morgan fingerprint density at radius 1 is 0.760 bits per heavy atom. The van der Waals surface area contributed by atoms with Gasteiger partial charge in [0.2, 0.25) is 0 Å². The van der Waals surface area contributed by atoms with Crippen LogP contribution in [0.2, 0.25) is 0 Å². The monoisotopic (exact) mass is 472 g/mol. The molecule has 0 nitrogen and oxygen atoms in total. The van der Waals surface area contributed by atoms with Gasteiger partial charge in [-0.15, -0.1) is 0 Å². The van der Waals surface area contributed by atoms with Crippen molar-refractivity contribution >= 4 is 43.6 Å². The van der Waals surface area contributed by atoms with Crippen LogP contribution in [0.4, 0.5) is 0 Å². The molecule has 0 radical (unpaired) electrons. The lowest BCUT2D eigenvalue weighted by molar-refractivity contribution is 1.38. The van der Waals surface area contributed by atoms with Crippen LogP contribution in [-0.4, -0.2) is 0 Å². The average molecular weight is 474 g/mol. The van der Waals surface area contributed by atoms with Crippen molar-refractivity contribution in [2.24, 2.45) is 0 Å². The van der Waals surface area contributed by atoms with Crippen molar-refractivity contribution in [1.29, 1.82) is 0 Å². The lowest BCUT2D eigenvalue weighted by Crippen LogP contribution is -1.91. The summed E-state index contributed by atoms with van der Waals surface area (Å²) < 4.78 is 2.16. The smallest absolute Gasteiger partial charge is 0.0195 e. The van der Waals surface area contributed by atoms with Gasteiger partial charge in [-0.2, -0.15) is 0 Å². The minimum Gasteiger partial charge on any atom is -0.0980 e. The van der Waals surface area contributed by atoms with Gasteiger partial charge in [0.05, 0.1) is 0 Å². The maximum Gasteiger partial charge on any atom is 0.0195 e. The maximum absolute atomic E-state index is 3.88. The Hall–Kier alpha value is -1.29. The van der Waals surface area contributed by atoms with Crippen molar-refractivity contribution < 1.29 is 0 Å². The van der Waals surface area contributed by atoms with Crippen molar-refractivity contribution in [3.8, 4) is 22.3 Å². The van der Waals surface area contributed by atoms with Crippen LogP contribution in [0.25, 0.3) is 22.3 Å². The number of hydrogen-bond acceptors (Lipinski definition) is 1. The largest absolute Gasteiger partial charge is 0.0980 e. The molecular weight excluding hydrogens is 456 g/mol. The minimum atomic E-state index is 1.07. The second-order valence-electron chi connectivity index (χ2n) is 5.93. The molecule has 0 saturated heterocycles. The summed E-state index contributed by atoms with van der Waals surface area (Å²) in [7, 11) is 0. The quantitative estimate of drug-likeness (QED) is 0.342. The highest BCUT2D eigenvalue weighted by Crippen LogP contribution is 2.41. The van der Waals surface area contributed by atoms with Gasteiger partial charge >= 0.3 is 0 Å². The molecule has 0 aliphatic carbocycles. The van der Waals surface area contributed by atoms with Gasteiger partial charge in [-0.25, -0.2) is 0 Å². The van der Waals surface area contributed by atoms with Crippen molar-refractivity contribution in [2.45, 2.75) is 18.7 Å². The number of thioether (sulfide) groups is 1. The highest BCUT2D eigenvalue weighted by molar-refractivity contribution is 9.10. The molecule has 0 spiro atoms. The number of aryl methyl sites for hydroxylation is 2. The van der Waals surface area contributed by atoms with E-state index in [0.29, 0.717) is 0 Å². The van der Waals surface area contributed by atoms with Crippen LogP contribution in [0, 0.1) is 13.8 Å². The molecule has 0 unspecified atom stereocenters. The van der Waals surface area contributed by atoms with E-state index >= 15 is 0 Å². The van der Waals surface area contributed by atoms with E-state index in [1.807, 2.05) is 5.41 Å². The van der Waals surface area contributed by atoms with Crippen LogP contribution in [0.3, 0.4) is 0 Å². The highest BCUT2D eigenvalue weighted by atomic mass is 79.9. The molecule has 3 aromatic carbocycles. The Labute approximate surface area is 170 Å². The third-order valence-corrected chi connectivity index (χ3v) is 5.87. The molecular formula is C22H18Br2S. The van der Waals surface area contributed by atoms with E-state index in [-0.39, 0.29) is 0 Å². The summed E-state index contributed by atoms with van der Waals surface area (Å²) in [5.41, 5.74) is 7.48. The second-order valence-corrected chi connectivity index (χ2v) is 8.77. The van der Waals surface area contributed by atoms with Gasteiger partial charge in [0, 0.05) is 13.8 Å². The molecule has 0 N–H and O–H groups in total. The van der Waals surface area contributed by atoms with E-state index in [1.165, 1.54) is 38.3 Å². The molecule has 0 fully saturated rings. The van der Waals surface area contributed by atoms with Crippen molar-refractivity contribution in [3.63, 3.8) is 0 Å². The number of halogens is 2. The molecule has 0 aromatic heterocycles. The van der Waals surface area contributed by atoms with E-state index < -0.39 is 0 Å². The molecule has 0 saturated carbocycles. The molecule has 3 aromatic rings. The second kappa shape index (κ2) is 7.94. The molecule has 126 valence electrons. The van der Waals surface area contributed by atoms with E-state index in [0.717, 1.165) is 8.95 Å². The lowest BCUT2D eigenvalue weighted by atomic mass is 9.91. The van der Waals surface area contributed by atoms with Crippen LogP contribution in [-0.2, 0) is 0 Å². The van der Waals surface area contributed by atoms with E-state index in [2.05, 4.69) is 107 Å². The molecule has 0 bridgehead atoms. The first-order chi connectivity index (χ1) is 12.0. The predicted octanol–water partition coefficient (Wildman–Crippen LogP) is 8.40. The summed E-state index contributed by atoms with van der Waals surface area (Å²) in [6, 6.07) is 19.5. The maximum atomic E-state index is 3.88. The van der Waals surface area contributed by atoms with Crippen LogP contribution >= 0.6 is 43.6 Å². The molecule has 3 heteroatoms. The molecule has 0 aliphatic heterocycles. The average Bonchev–Trinajstić information content (AvgIpc) is 2.59. The van der Waals surface area contributed by atoms with Gasteiger partial charge < -0.3 is 0 Å². The Balaban J connectivity index is 2.31. The van der Waals surface area contributed by atoms with Crippen molar-refractivity contribution in [3.05, 3.63) is 86.7 Å². The third kappa shape index (κ3) is 4.11. The lowest BCUT2D eigenvalue weighted by Gasteiger charge is -2.16. The Kier molecular flexibility index (Phi) is 5.88. The molecule has 0 atom stereocenters. The summed E-state index contributed by atoms with van der Waals surface area (Å²) in [5, 5.41) is 1.88. The van der Waals surface area contributed by atoms with Gasteiger partial charge in [0.1, 0.15) is 0 Å². The van der Waals surface area contributed by atoms with Crippen LogP contribution in [0.5, 0.6) is 0 Å². The first-order valence-corrected chi connectivity index (χ1v) is 10.4.